The van der Waals surface area contributed by atoms with Crippen LogP contribution in [-0.4, -0.2) is 0 Å². The van der Waals surface area contributed by atoms with Gasteiger partial charge in [-0.25, -0.2) is 0 Å². The summed E-state index contributed by atoms with van der Waals surface area (Å²) in [5.41, 5.74) is 4.88. The Morgan fingerprint density at radius 1 is 0.875 bits per heavy atom. The second-order valence-corrected chi connectivity index (χ2v) is 10.7. The standard InChI is InChI=1S/C24H36/c1-16-15-24(18-8-9-18)13-6-5-12-23(24,4)20-11-14-22(3)17(2)7-10-19(22)21(16)20/h18-21H,1-2,5-15H2,3-4H3. The van der Waals surface area contributed by atoms with Crippen molar-refractivity contribution in [3.05, 3.63) is 24.3 Å². The van der Waals surface area contributed by atoms with Crippen LogP contribution >= 0.6 is 0 Å². The van der Waals surface area contributed by atoms with Gasteiger partial charge in [-0.2, -0.15) is 0 Å². The lowest BCUT2D eigenvalue weighted by atomic mass is 9.38. The molecule has 0 radical (unpaired) electrons. The fraction of sp³-hybridized carbons (Fsp3) is 0.833. The molecule has 132 valence electrons. The SMILES string of the molecule is C=C1CC2(C3CC3)CCCCC2(C)C2CCC3(C)C(=C)CCC3C12. The van der Waals surface area contributed by atoms with Crippen LogP contribution < -0.4 is 0 Å². The van der Waals surface area contributed by atoms with Gasteiger partial charge in [-0.15, -0.1) is 0 Å². The maximum absolute atomic E-state index is 4.76. The van der Waals surface area contributed by atoms with Gasteiger partial charge < -0.3 is 0 Å². The van der Waals surface area contributed by atoms with Gasteiger partial charge in [-0.1, -0.05) is 51.0 Å². The summed E-state index contributed by atoms with van der Waals surface area (Å²) in [6.45, 7) is 14.5. The Kier molecular flexibility index (Phi) is 3.14. The van der Waals surface area contributed by atoms with Crippen molar-refractivity contribution >= 4 is 0 Å². The molecule has 0 nitrogen and oxygen atoms in total. The molecule has 0 aliphatic heterocycles. The summed E-state index contributed by atoms with van der Waals surface area (Å²) >= 11 is 0. The van der Waals surface area contributed by atoms with Crippen molar-refractivity contribution in [2.45, 2.75) is 84.5 Å². The molecule has 0 aromatic carbocycles. The summed E-state index contributed by atoms with van der Waals surface area (Å²) in [5.74, 6) is 3.61. The van der Waals surface area contributed by atoms with Crippen LogP contribution in [-0.2, 0) is 0 Å². The predicted molar refractivity (Wildman–Crippen MR) is 102 cm³/mol. The summed E-state index contributed by atoms with van der Waals surface area (Å²) < 4.78 is 0. The van der Waals surface area contributed by atoms with E-state index in [1.165, 1.54) is 70.6 Å². The Bertz CT molecular complexity index is 595. The second-order valence-electron chi connectivity index (χ2n) is 10.7. The van der Waals surface area contributed by atoms with E-state index in [0.717, 1.165) is 23.7 Å². The summed E-state index contributed by atoms with van der Waals surface area (Å²) in [6.07, 6.45) is 15.9. The first-order valence-electron chi connectivity index (χ1n) is 10.8. The molecule has 0 aromatic heterocycles. The van der Waals surface area contributed by atoms with Gasteiger partial charge in [0.2, 0.25) is 0 Å². The van der Waals surface area contributed by atoms with Crippen molar-refractivity contribution in [1.82, 2.24) is 0 Å². The Balaban J connectivity index is 1.58. The zero-order valence-corrected chi connectivity index (χ0v) is 16.0. The second kappa shape index (κ2) is 4.80. The molecule has 0 bridgehead atoms. The highest BCUT2D eigenvalue weighted by atomic mass is 14.7. The zero-order chi connectivity index (χ0) is 16.7. The van der Waals surface area contributed by atoms with E-state index < -0.39 is 0 Å². The summed E-state index contributed by atoms with van der Waals surface area (Å²) in [6, 6.07) is 0. The first-order chi connectivity index (χ1) is 11.4. The maximum Gasteiger partial charge on any atom is -0.00848 e. The minimum absolute atomic E-state index is 0.425. The van der Waals surface area contributed by atoms with Gasteiger partial charge in [-0.05, 0) is 97.7 Å². The third kappa shape index (κ3) is 1.71. The highest BCUT2D eigenvalue weighted by Gasteiger charge is 2.66. The normalized spacial score (nSPS) is 54.2. The van der Waals surface area contributed by atoms with E-state index in [9.17, 15) is 0 Å². The van der Waals surface area contributed by atoms with E-state index in [-0.39, 0.29) is 0 Å². The lowest BCUT2D eigenvalue weighted by molar-refractivity contribution is -0.138. The Morgan fingerprint density at radius 2 is 1.62 bits per heavy atom. The van der Waals surface area contributed by atoms with E-state index in [1.54, 1.807) is 11.1 Å². The summed E-state index contributed by atoms with van der Waals surface area (Å²) in [5, 5.41) is 0. The van der Waals surface area contributed by atoms with E-state index in [2.05, 4.69) is 20.4 Å². The van der Waals surface area contributed by atoms with Gasteiger partial charge in [0, 0.05) is 0 Å². The topological polar surface area (TPSA) is 0 Å². The fourth-order valence-electron chi connectivity index (χ4n) is 8.62. The molecule has 5 aliphatic carbocycles. The molecule has 6 unspecified atom stereocenters. The molecule has 6 atom stereocenters. The molecule has 5 saturated carbocycles. The first kappa shape index (κ1) is 15.7. The van der Waals surface area contributed by atoms with Crippen LogP contribution in [0.3, 0.4) is 0 Å². The molecule has 5 aliphatic rings. The highest BCUT2D eigenvalue weighted by Crippen LogP contribution is 2.75. The Labute approximate surface area is 149 Å². The van der Waals surface area contributed by atoms with E-state index in [0.29, 0.717) is 16.2 Å². The van der Waals surface area contributed by atoms with Crippen LogP contribution in [0.25, 0.3) is 0 Å². The molecule has 5 fully saturated rings. The largest absolute Gasteiger partial charge is 0.0995 e. The lowest BCUT2D eigenvalue weighted by Crippen LogP contribution is -2.58. The first-order valence-corrected chi connectivity index (χ1v) is 10.8. The Hall–Kier alpha value is -0.520. The van der Waals surface area contributed by atoms with Crippen molar-refractivity contribution < 1.29 is 0 Å². The monoisotopic (exact) mass is 324 g/mol. The van der Waals surface area contributed by atoms with Crippen molar-refractivity contribution in [1.29, 1.82) is 0 Å². The van der Waals surface area contributed by atoms with Gasteiger partial charge in [0.25, 0.3) is 0 Å². The summed E-state index contributed by atoms with van der Waals surface area (Å²) in [7, 11) is 0. The van der Waals surface area contributed by atoms with E-state index >= 15 is 0 Å². The molecule has 0 heterocycles. The molecular formula is C24H36. The van der Waals surface area contributed by atoms with Crippen LogP contribution in [0.5, 0.6) is 0 Å². The summed E-state index contributed by atoms with van der Waals surface area (Å²) in [4.78, 5) is 0. The number of fused-ring (bicyclic) bond motifs is 5. The smallest absolute Gasteiger partial charge is 0.00848 e. The van der Waals surface area contributed by atoms with Crippen molar-refractivity contribution in [3.63, 3.8) is 0 Å². The minimum atomic E-state index is 0.425. The van der Waals surface area contributed by atoms with Crippen molar-refractivity contribution in [2.24, 2.45) is 39.9 Å². The van der Waals surface area contributed by atoms with Crippen molar-refractivity contribution in [2.75, 3.05) is 0 Å². The molecular weight excluding hydrogens is 288 g/mol. The van der Waals surface area contributed by atoms with Gasteiger partial charge in [0.15, 0.2) is 0 Å². The van der Waals surface area contributed by atoms with Crippen LogP contribution in [0.1, 0.15) is 84.5 Å². The molecule has 0 N–H and O–H groups in total. The number of hydrogen-bond acceptors (Lipinski definition) is 0. The van der Waals surface area contributed by atoms with Crippen LogP contribution in [0.4, 0.5) is 0 Å². The zero-order valence-electron chi connectivity index (χ0n) is 16.0. The van der Waals surface area contributed by atoms with Crippen LogP contribution in [0, 0.1) is 39.9 Å². The third-order valence-corrected chi connectivity index (χ3v) is 10.1. The third-order valence-electron chi connectivity index (χ3n) is 10.1. The Morgan fingerprint density at radius 3 is 2.38 bits per heavy atom. The molecule has 0 amide bonds. The average Bonchev–Trinajstić information content (AvgIpc) is 3.35. The maximum atomic E-state index is 4.76. The quantitative estimate of drug-likeness (QED) is 0.459. The average molecular weight is 325 g/mol. The van der Waals surface area contributed by atoms with Crippen molar-refractivity contribution in [3.8, 4) is 0 Å². The molecule has 24 heavy (non-hydrogen) atoms. The number of rotatable bonds is 1. The minimum Gasteiger partial charge on any atom is -0.0995 e. The lowest BCUT2D eigenvalue weighted by Gasteiger charge is -2.66. The molecule has 0 saturated heterocycles. The van der Waals surface area contributed by atoms with Crippen LogP contribution in [0.2, 0.25) is 0 Å². The van der Waals surface area contributed by atoms with Gasteiger partial charge >= 0.3 is 0 Å². The molecule has 0 spiro atoms. The van der Waals surface area contributed by atoms with E-state index in [1.807, 2.05) is 0 Å². The molecule has 0 heteroatoms. The molecule has 0 aromatic rings. The number of hydrogen-bond donors (Lipinski definition) is 0. The van der Waals surface area contributed by atoms with E-state index in [4.69, 9.17) is 6.58 Å². The molecule has 5 rings (SSSR count). The van der Waals surface area contributed by atoms with Gasteiger partial charge in [0.1, 0.15) is 0 Å². The fourth-order valence-corrected chi connectivity index (χ4v) is 8.62. The van der Waals surface area contributed by atoms with Gasteiger partial charge in [0.05, 0.1) is 0 Å². The number of allylic oxidation sites excluding steroid dienone is 2. The predicted octanol–water partition coefficient (Wildman–Crippen LogP) is 6.92. The van der Waals surface area contributed by atoms with Crippen LogP contribution in [0.15, 0.2) is 24.3 Å². The van der Waals surface area contributed by atoms with Gasteiger partial charge in [-0.3, -0.25) is 0 Å². The highest BCUT2D eigenvalue weighted by molar-refractivity contribution is 5.30.